The van der Waals surface area contributed by atoms with Gasteiger partial charge in [0.2, 0.25) is 0 Å². The van der Waals surface area contributed by atoms with E-state index in [1.54, 1.807) is 27.9 Å². The number of carbonyl (C=O) groups is 3. The molecule has 2 rings (SSSR count). The van der Waals surface area contributed by atoms with E-state index in [9.17, 15) is 14.4 Å². The molecule has 1 N–H and O–H groups in total. The number of hydrogen-bond acceptors (Lipinski definition) is 6. The van der Waals surface area contributed by atoms with Crippen molar-refractivity contribution in [3.8, 4) is 5.75 Å². The Morgan fingerprint density at radius 2 is 1.87 bits per heavy atom. The van der Waals surface area contributed by atoms with Crippen LogP contribution in [0.25, 0.3) is 0 Å². The van der Waals surface area contributed by atoms with E-state index in [2.05, 4.69) is 5.32 Å². The third-order valence-electron chi connectivity index (χ3n) is 4.65. The Morgan fingerprint density at radius 1 is 1.17 bits per heavy atom. The molecular formula is C22H32N2O6. The van der Waals surface area contributed by atoms with Crippen molar-refractivity contribution in [3.63, 3.8) is 0 Å². The van der Waals surface area contributed by atoms with Crippen LogP contribution < -0.4 is 10.1 Å². The minimum absolute atomic E-state index is 0.243. The predicted octanol–water partition coefficient (Wildman–Crippen LogP) is 2.54. The molecule has 1 aromatic rings. The number of rotatable bonds is 7. The molecule has 0 saturated carbocycles. The van der Waals surface area contributed by atoms with E-state index in [0.29, 0.717) is 32.4 Å². The minimum Gasteiger partial charge on any atom is -0.497 e. The maximum atomic E-state index is 12.3. The van der Waals surface area contributed by atoms with E-state index in [0.717, 1.165) is 11.3 Å². The molecule has 0 radical (unpaired) electrons. The number of nitrogens with one attached hydrogen (secondary N) is 1. The fourth-order valence-electron chi connectivity index (χ4n) is 3.11. The van der Waals surface area contributed by atoms with Gasteiger partial charge in [-0.1, -0.05) is 12.1 Å². The van der Waals surface area contributed by atoms with Crippen LogP contribution in [0.3, 0.4) is 0 Å². The number of carbonyl (C=O) groups excluding carboxylic acids is 3. The van der Waals surface area contributed by atoms with Crippen LogP contribution in [-0.4, -0.2) is 61.8 Å². The average Bonchev–Trinajstić information content (AvgIpc) is 2.71. The summed E-state index contributed by atoms with van der Waals surface area (Å²) < 4.78 is 15.6. The number of methoxy groups -OCH3 is 1. The van der Waals surface area contributed by atoms with Crippen LogP contribution in [0, 0.1) is 5.92 Å². The zero-order valence-corrected chi connectivity index (χ0v) is 18.2. The Bertz CT molecular complexity index is 726. The Hall–Kier alpha value is -2.77. The molecule has 0 spiro atoms. The number of ether oxygens (including phenoxy) is 3. The molecule has 1 saturated heterocycles. The number of likely N-dealkylation sites (tertiary alicyclic amines) is 1. The first-order valence-corrected chi connectivity index (χ1v) is 10.2. The van der Waals surface area contributed by atoms with Gasteiger partial charge in [-0.15, -0.1) is 0 Å². The van der Waals surface area contributed by atoms with Crippen LogP contribution in [0.4, 0.5) is 4.79 Å². The van der Waals surface area contributed by atoms with E-state index in [-0.39, 0.29) is 19.1 Å². The number of nitrogens with zero attached hydrogens (tertiary/aromatic N) is 1. The molecule has 1 aliphatic heterocycles. The minimum atomic E-state index is -0.589. The summed E-state index contributed by atoms with van der Waals surface area (Å²) in [4.78, 5) is 38.0. The molecule has 0 aromatic heterocycles. The summed E-state index contributed by atoms with van der Waals surface area (Å²) in [5.74, 6) is -0.480. The number of benzene rings is 1. The lowest BCUT2D eigenvalue weighted by atomic mass is 9.98. The maximum absolute atomic E-state index is 12.3. The first-order chi connectivity index (χ1) is 14.2. The third-order valence-corrected chi connectivity index (χ3v) is 4.65. The maximum Gasteiger partial charge on any atom is 0.410 e. The molecule has 1 fully saturated rings. The van der Waals surface area contributed by atoms with Crippen molar-refractivity contribution >= 4 is 18.0 Å². The van der Waals surface area contributed by atoms with Crippen molar-refractivity contribution < 1.29 is 28.6 Å². The second-order valence-corrected chi connectivity index (χ2v) is 8.32. The van der Waals surface area contributed by atoms with E-state index >= 15 is 0 Å². The Morgan fingerprint density at radius 3 is 2.50 bits per heavy atom. The molecular weight excluding hydrogens is 388 g/mol. The number of hydrogen-bond donors (Lipinski definition) is 1. The summed E-state index contributed by atoms with van der Waals surface area (Å²) in [6, 6.07) is 7.60. The lowest BCUT2D eigenvalue weighted by molar-refractivity contribution is -0.154. The third kappa shape index (κ3) is 7.93. The van der Waals surface area contributed by atoms with Crippen LogP contribution >= 0.6 is 0 Å². The summed E-state index contributed by atoms with van der Waals surface area (Å²) >= 11 is 0. The molecule has 1 aromatic carbocycles. The van der Waals surface area contributed by atoms with Gasteiger partial charge in [-0.2, -0.15) is 0 Å². The predicted molar refractivity (Wildman–Crippen MR) is 111 cm³/mol. The van der Waals surface area contributed by atoms with Crippen molar-refractivity contribution in [2.45, 2.75) is 45.6 Å². The molecule has 8 nitrogen and oxygen atoms in total. The lowest BCUT2D eigenvalue weighted by Crippen LogP contribution is -2.45. The summed E-state index contributed by atoms with van der Waals surface area (Å²) in [5, 5.41) is 2.74. The van der Waals surface area contributed by atoms with Crippen molar-refractivity contribution in [3.05, 3.63) is 29.8 Å². The molecule has 1 aliphatic rings. The van der Waals surface area contributed by atoms with Gasteiger partial charge in [0, 0.05) is 19.6 Å². The van der Waals surface area contributed by atoms with Gasteiger partial charge in [0.1, 0.15) is 11.4 Å². The van der Waals surface area contributed by atoms with Gasteiger partial charge in [-0.25, -0.2) is 4.79 Å². The van der Waals surface area contributed by atoms with E-state index in [4.69, 9.17) is 14.2 Å². The second kappa shape index (κ2) is 10.8. The zero-order chi connectivity index (χ0) is 22.1. The summed E-state index contributed by atoms with van der Waals surface area (Å²) in [6.07, 6.45) is 1.54. The fraction of sp³-hybridized carbons (Fsp3) is 0.591. The standard InChI is InChI=1S/C22H32N2O6/c1-22(2,3)30-21(27)24-13-5-6-17(14-24)20(26)29-15-19(25)23-12-11-16-7-9-18(28-4)10-8-16/h7-10,17H,5-6,11-15H2,1-4H3,(H,23,25). The van der Waals surface area contributed by atoms with E-state index in [1.807, 2.05) is 24.3 Å². The van der Waals surface area contributed by atoms with Crippen molar-refractivity contribution in [2.24, 2.45) is 5.92 Å². The van der Waals surface area contributed by atoms with Crippen LogP contribution in [0.15, 0.2) is 24.3 Å². The van der Waals surface area contributed by atoms with E-state index in [1.165, 1.54) is 4.90 Å². The molecule has 1 heterocycles. The second-order valence-electron chi connectivity index (χ2n) is 8.32. The van der Waals surface area contributed by atoms with Gasteiger partial charge in [0.05, 0.1) is 13.0 Å². The lowest BCUT2D eigenvalue weighted by Gasteiger charge is -2.33. The molecule has 0 bridgehead atoms. The molecule has 8 heteroatoms. The highest BCUT2D eigenvalue weighted by molar-refractivity contribution is 5.81. The Labute approximate surface area is 177 Å². The summed E-state index contributed by atoms with van der Waals surface area (Å²) in [5.41, 5.74) is 0.478. The molecule has 1 unspecified atom stereocenters. The highest BCUT2D eigenvalue weighted by atomic mass is 16.6. The fourth-order valence-corrected chi connectivity index (χ4v) is 3.11. The topological polar surface area (TPSA) is 94.2 Å². The zero-order valence-electron chi connectivity index (χ0n) is 18.2. The van der Waals surface area contributed by atoms with Gasteiger partial charge < -0.3 is 24.4 Å². The highest BCUT2D eigenvalue weighted by Gasteiger charge is 2.32. The molecule has 2 amide bonds. The highest BCUT2D eigenvalue weighted by Crippen LogP contribution is 2.20. The molecule has 30 heavy (non-hydrogen) atoms. The Balaban J connectivity index is 1.69. The average molecular weight is 421 g/mol. The largest absolute Gasteiger partial charge is 0.497 e. The molecule has 1 atom stereocenters. The van der Waals surface area contributed by atoms with Gasteiger partial charge >= 0.3 is 12.1 Å². The number of piperidine rings is 1. The van der Waals surface area contributed by atoms with Crippen molar-refractivity contribution in [2.75, 3.05) is 33.4 Å². The van der Waals surface area contributed by atoms with Gasteiger partial charge in [-0.3, -0.25) is 9.59 Å². The first-order valence-electron chi connectivity index (χ1n) is 10.2. The van der Waals surface area contributed by atoms with Crippen LogP contribution in [0.1, 0.15) is 39.2 Å². The smallest absolute Gasteiger partial charge is 0.410 e. The summed E-state index contributed by atoms with van der Waals surface area (Å²) in [6.45, 7) is 6.30. The van der Waals surface area contributed by atoms with Gasteiger partial charge in [0.15, 0.2) is 6.61 Å². The normalized spacial score (nSPS) is 16.5. The molecule has 166 valence electrons. The monoisotopic (exact) mass is 420 g/mol. The molecule has 0 aliphatic carbocycles. The van der Waals surface area contributed by atoms with E-state index < -0.39 is 23.6 Å². The van der Waals surface area contributed by atoms with Gasteiger partial charge in [0.25, 0.3) is 5.91 Å². The van der Waals surface area contributed by atoms with Crippen LogP contribution in [0.2, 0.25) is 0 Å². The number of amides is 2. The van der Waals surface area contributed by atoms with Crippen molar-refractivity contribution in [1.82, 2.24) is 10.2 Å². The van der Waals surface area contributed by atoms with Crippen LogP contribution in [-0.2, 0) is 25.5 Å². The number of esters is 1. The Kier molecular flexibility index (Phi) is 8.50. The first kappa shape index (κ1) is 23.5. The van der Waals surface area contributed by atoms with Gasteiger partial charge in [-0.05, 0) is 57.7 Å². The quantitative estimate of drug-likeness (QED) is 0.682. The van der Waals surface area contributed by atoms with Crippen LogP contribution in [0.5, 0.6) is 5.75 Å². The summed E-state index contributed by atoms with van der Waals surface area (Å²) in [7, 11) is 1.61. The SMILES string of the molecule is COc1ccc(CCNC(=O)COC(=O)C2CCCN(C(=O)OC(C)(C)C)C2)cc1. The van der Waals surface area contributed by atoms with Crippen molar-refractivity contribution in [1.29, 1.82) is 0 Å².